The van der Waals surface area contributed by atoms with E-state index in [0.717, 1.165) is 12.8 Å². The summed E-state index contributed by atoms with van der Waals surface area (Å²) in [5.74, 6) is 1.67. The average molecular weight is 298 g/mol. The second-order valence-electron chi connectivity index (χ2n) is 4.59. The quantitative estimate of drug-likeness (QED) is 0.302. The molecule has 4 nitrogen and oxygen atoms in total. The predicted octanol–water partition coefficient (Wildman–Crippen LogP) is 4.52. The fourth-order valence-electron chi connectivity index (χ4n) is 1.62. The maximum Gasteiger partial charge on any atom is 0.698 e. The molecule has 0 aliphatic heterocycles. The Kier molecular flexibility index (Phi) is 8.55. The molecule has 0 unspecified atom stereocenters. The number of unbranched alkanes of at least 4 members (excludes halogenated alkanes) is 1. The summed E-state index contributed by atoms with van der Waals surface area (Å²) in [7, 11) is -2.92. The summed E-state index contributed by atoms with van der Waals surface area (Å²) in [6.07, 6.45) is 3.14. The van der Waals surface area contributed by atoms with Gasteiger partial charge < -0.3 is 18.0 Å². The van der Waals surface area contributed by atoms with Crippen molar-refractivity contribution in [3.63, 3.8) is 0 Å². The van der Waals surface area contributed by atoms with Gasteiger partial charge in [-0.2, -0.15) is 0 Å². The van der Waals surface area contributed by atoms with Gasteiger partial charge in [-0.15, -0.1) is 0 Å². The molecule has 0 saturated carbocycles. The van der Waals surface area contributed by atoms with Crippen LogP contribution in [-0.4, -0.2) is 15.4 Å². The Morgan fingerprint density at radius 1 is 0.900 bits per heavy atom. The Balaban J connectivity index is 4.76. The van der Waals surface area contributed by atoms with Crippen LogP contribution in [0.4, 0.5) is 0 Å². The molecular weight excluding hydrogens is 272 g/mol. The van der Waals surface area contributed by atoms with E-state index in [1.165, 1.54) is 6.26 Å². The van der Waals surface area contributed by atoms with Crippen molar-refractivity contribution in [1.82, 2.24) is 0 Å². The number of allylic oxidation sites excluding steroid dienone is 3. The lowest BCUT2D eigenvalue weighted by molar-refractivity contribution is 0.142. The van der Waals surface area contributed by atoms with Crippen LogP contribution >= 0.6 is 0 Å². The van der Waals surface area contributed by atoms with Crippen LogP contribution in [-0.2, 0) is 18.0 Å². The molecule has 0 aliphatic carbocycles. The van der Waals surface area contributed by atoms with Crippen LogP contribution in [0, 0.1) is 0 Å². The highest BCUT2D eigenvalue weighted by atomic mass is 28.4. The summed E-state index contributed by atoms with van der Waals surface area (Å²) in [5, 5.41) is 0. The highest BCUT2D eigenvalue weighted by molar-refractivity contribution is 6.61. The Morgan fingerprint density at radius 3 is 1.70 bits per heavy atom. The minimum Gasteiger partial charge on any atom is -0.502 e. The molecule has 0 rings (SSSR count). The van der Waals surface area contributed by atoms with E-state index in [9.17, 15) is 0 Å². The van der Waals surface area contributed by atoms with E-state index in [-0.39, 0.29) is 0 Å². The van der Waals surface area contributed by atoms with Gasteiger partial charge in [0.15, 0.2) is 0 Å². The molecule has 5 heteroatoms. The van der Waals surface area contributed by atoms with Gasteiger partial charge in [-0.3, -0.25) is 0 Å². The summed E-state index contributed by atoms with van der Waals surface area (Å²) < 4.78 is 22.4. The zero-order valence-electron chi connectivity index (χ0n) is 12.9. The van der Waals surface area contributed by atoms with E-state index in [1.807, 2.05) is 0 Å². The maximum atomic E-state index is 5.78. The molecule has 0 aromatic heterocycles. The maximum absolute atomic E-state index is 5.78. The first-order valence-corrected chi connectivity index (χ1v) is 8.50. The van der Waals surface area contributed by atoms with E-state index in [1.54, 1.807) is 20.8 Å². The minimum atomic E-state index is -2.92. The van der Waals surface area contributed by atoms with E-state index in [0.29, 0.717) is 29.9 Å². The molecule has 20 heavy (non-hydrogen) atoms. The van der Waals surface area contributed by atoms with Crippen molar-refractivity contribution in [3.8, 4) is 0 Å². The molecule has 0 amide bonds. The van der Waals surface area contributed by atoms with Crippen LogP contribution < -0.4 is 0 Å². The van der Waals surface area contributed by atoms with Crippen molar-refractivity contribution in [2.24, 2.45) is 0 Å². The molecule has 0 bridgehead atoms. The normalized spacial score (nSPS) is 10.3. The lowest BCUT2D eigenvalue weighted by Gasteiger charge is -2.30. The third kappa shape index (κ3) is 8.47. The second kappa shape index (κ2) is 9.31. The smallest absolute Gasteiger partial charge is 0.502 e. The Morgan fingerprint density at radius 2 is 1.35 bits per heavy atom. The van der Waals surface area contributed by atoms with Crippen LogP contribution in [0.5, 0.6) is 0 Å². The molecule has 0 fully saturated rings. The lowest BCUT2D eigenvalue weighted by Crippen LogP contribution is -2.44. The third-order valence-corrected chi connectivity index (χ3v) is 5.05. The number of ether oxygens (including phenoxy) is 1. The molecule has 0 aromatic rings. The zero-order valence-corrected chi connectivity index (χ0v) is 13.9. The van der Waals surface area contributed by atoms with Crippen LogP contribution in [0.2, 0.25) is 6.04 Å². The summed E-state index contributed by atoms with van der Waals surface area (Å²) in [5.41, 5.74) is 0. The first-order chi connectivity index (χ1) is 9.31. The van der Waals surface area contributed by atoms with Crippen LogP contribution in [0.25, 0.3) is 0 Å². The number of hydrogen-bond acceptors (Lipinski definition) is 4. The van der Waals surface area contributed by atoms with Gasteiger partial charge >= 0.3 is 8.80 Å². The standard InChI is InChI=1S/C15H26O4Si/c1-8-16-11-9-10-12-20(17-13(2)3,18-14(4)5)19-15(6)7/h8H,1-2,4,6,9-12H2,3,5,7H3. The van der Waals surface area contributed by atoms with Gasteiger partial charge in [0.25, 0.3) is 0 Å². The Hall–Kier alpha value is -1.62. The molecule has 114 valence electrons. The number of hydrogen-bond donors (Lipinski definition) is 0. The highest BCUT2D eigenvalue weighted by Crippen LogP contribution is 2.26. The molecule has 0 N–H and O–H groups in total. The first-order valence-electron chi connectivity index (χ1n) is 6.57. The van der Waals surface area contributed by atoms with Crippen molar-refractivity contribution < 1.29 is 18.0 Å². The lowest BCUT2D eigenvalue weighted by atomic mass is 10.4. The summed E-state index contributed by atoms with van der Waals surface area (Å²) in [6, 6.07) is 0.639. The van der Waals surface area contributed by atoms with Gasteiger partial charge in [0, 0.05) is 0 Å². The van der Waals surface area contributed by atoms with Gasteiger partial charge in [0.05, 0.1) is 36.2 Å². The zero-order chi connectivity index (χ0) is 15.6. The average Bonchev–Trinajstić information content (AvgIpc) is 2.25. The molecule has 0 atom stereocenters. The van der Waals surface area contributed by atoms with Crippen molar-refractivity contribution in [2.45, 2.75) is 39.7 Å². The fourth-order valence-corrected chi connectivity index (χ4v) is 4.33. The second-order valence-corrected chi connectivity index (χ2v) is 7.07. The van der Waals surface area contributed by atoms with E-state index in [4.69, 9.17) is 18.0 Å². The molecule has 0 radical (unpaired) electrons. The summed E-state index contributed by atoms with van der Waals surface area (Å²) in [6.45, 7) is 20.7. The first kappa shape index (κ1) is 18.4. The third-order valence-electron chi connectivity index (χ3n) is 2.10. The van der Waals surface area contributed by atoms with E-state index < -0.39 is 8.80 Å². The molecule has 0 saturated heterocycles. The van der Waals surface area contributed by atoms with Crippen molar-refractivity contribution in [3.05, 3.63) is 49.9 Å². The van der Waals surface area contributed by atoms with Gasteiger partial charge in [-0.1, -0.05) is 26.3 Å². The Bertz CT molecular complexity index is 322. The monoisotopic (exact) mass is 298 g/mol. The van der Waals surface area contributed by atoms with Gasteiger partial charge in [0.1, 0.15) is 0 Å². The molecule has 0 aromatic carbocycles. The number of rotatable bonds is 12. The fraction of sp³-hybridized carbons (Fsp3) is 0.467. The minimum absolute atomic E-state index is 0.557. The van der Waals surface area contributed by atoms with Gasteiger partial charge in [-0.25, -0.2) is 0 Å². The van der Waals surface area contributed by atoms with E-state index in [2.05, 4.69) is 26.3 Å². The largest absolute Gasteiger partial charge is 0.698 e. The SMILES string of the molecule is C=COCCCC[Si](OC(=C)C)(OC(=C)C)OC(=C)C. The summed E-state index contributed by atoms with van der Waals surface area (Å²) >= 11 is 0. The van der Waals surface area contributed by atoms with Crippen molar-refractivity contribution >= 4 is 8.80 Å². The van der Waals surface area contributed by atoms with Gasteiger partial charge in [0.2, 0.25) is 0 Å². The van der Waals surface area contributed by atoms with Crippen molar-refractivity contribution in [1.29, 1.82) is 0 Å². The van der Waals surface area contributed by atoms with Gasteiger partial charge in [-0.05, 0) is 33.6 Å². The van der Waals surface area contributed by atoms with Crippen LogP contribution in [0.15, 0.2) is 49.9 Å². The summed E-state index contributed by atoms with van der Waals surface area (Å²) in [4.78, 5) is 0. The molecule has 0 spiro atoms. The van der Waals surface area contributed by atoms with E-state index >= 15 is 0 Å². The molecule has 0 aliphatic rings. The predicted molar refractivity (Wildman–Crippen MR) is 83.6 cm³/mol. The van der Waals surface area contributed by atoms with Crippen LogP contribution in [0.1, 0.15) is 33.6 Å². The highest BCUT2D eigenvalue weighted by Gasteiger charge is 2.48. The van der Waals surface area contributed by atoms with Crippen molar-refractivity contribution in [2.75, 3.05) is 6.61 Å². The molecule has 0 heterocycles. The topological polar surface area (TPSA) is 36.9 Å². The Labute approximate surface area is 123 Å². The van der Waals surface area contributed by atoms with Crippen LogP contribution in [0.3, 0.4) is 0 Å². The molecular formula is C15H26O4Si.